The van der Waals surface area contributed by atoms with Crippen molar-refractivity contribution in [1.82, 2.24) is 4.90 Å². The third kappa shape index (κ3) is 3.14. The Morgan fingerprint density at radius 3 is 2.25 bits per heavy atom. The van der Waals surface area contributed by atoms with Crippen LogP contribution in [0, 0.1) is 0 Å². The van der Waals surface area contributed by atoms with E-state index in [9.17, 15) is 4.79 Å². The van der Waals surface area contributed by atoms with Gasteiger partial charge in [-0.1, -0.05) is 0 Å². The summed E-state index contributed by atoms with van der Waals surface area (Å²) in [6.07, 6.45) is 0. The Bertz CT molecular complexity index is 463. The van der Waals surface area contributed by atoms with E-state index < -0.39 is 0 Å². The summed E-state index contributed by atoms with van der Waals surface area (Å²) in [4.78, 5) is 14.2. The minimum atomic E-state index is -0.143. The average molecular weight is 282 g/mol. The largest absolute Gasteiger partial charge is 0.493 e. The van der Waals surface area contributed by atoms with E-state index >= 15 is 0 Å². The predicted octanol–water partition coefficient (Wildman–Crippen LogP) is 1.13. The summed E-state index contributed by atoms with van der Waals surface area (Å²) in [5.74, 6) is 1.15. The van der Waals surface area contributed by atoms with Gasteiger partial charge in [-0.2, -0.15) is 0 Å². The van der Waals surface area contributed by atoms with Gasteiger partial charge < -0.3 is 24.8 Å². The van der Waals surface area contributed by atoms with Crippen molar-refractivity contribution in [2.45, 2.75) is 6.92 Å². The van der Waals surface area contributed by atoms with Crippen molar-refractivity contribution in [3.8, 4) is 17.2 Å². The summed E-state index contributed by atoms with van der Waals surface area (Å²) >= 11 is 0. The molecule has 0 aromatic heterocycles. The Hall–Kier alpha value is -1.95. The number of hydrogen-bond donors (Lipinski definition) is 1. The van der Waals surface area contributed by atoms with Crippen LogP contribution in [0.2, 0.25) is 0 Å². The number of nitrogens with zero attached hydrogens (tertiary/aromatic N) is 1. The summed E-state index contributed by atoms with van der Waals surface area (Å²) in [5.41, 5.74) is 5.95. The smallest absolute Gasteiger partial charge is 0.257 e. The zero-order chi connectivity index (χ0) is 15.1. The van der Waals surface area contributed by atoms with Crippen molar-refractivity contribution >= 4 is 5.91 Å². The van der Waals surface area contributed by atoms with Crippen LogP contribution in [0.15, 0.2) is 12.1 Å². The first-order chi connectivity index (χ1) is 9.64. The zero-order valence-corrected chi connectivity index (χ0v) is 12.4. The molecule has 0 atom stereocenters. The zero-order valence-electron chi connectivity index (χ0n) is 12.4. The number of hydrogen-bond acceptors (Lipinski definition) is 5. The number of carbonyl (C=O) groups excluding carboxylic acids is 1. The second kappa shape index (κ2) is 7.59. The predicted molar refractivity (Wildman–Crippen MR) is 76.7 cm³/mol. The number of rotatable bonds is 7. The third-order valence-corrected chi connectivity index (χ3v) is 3.00. The average Bonchev–Trinajstić information content (AvgIpc) is 2.49. The lowest BCUT2D eigenvalue weighted by Gasteiger charge is -2.22. The topological polar surface area (TPSA) is 74.0 Å². The monoisotopic (exact) mass is 282 g/mol. The lowest BCUT2D eigenvalue weighted by Crippen LogP contribution is -2.35. The van der Waals surface area contributed by atoms with E-state index in [4.69, 9.17) is 19.9 Å². The molecule has 2 N–H and O–H groups in total. The number of carbonyl (C=O) groups is 1. The first-order valence-corrected chi connectivity index (χ1v) is 6.42. The maximum atomic E-state index is 12.5. The molecule has 0 heterocycles. The molecule has 6 heteroatoms. The van der Waals surface area contributed by atoms with Gasteiger partial charge in [-0.05, 0) is 19.1 Å². The Balaban J connectivity index is 3.27. The van der Waals surface area contributed by atoms with Crippen LogP contribution in [0.1, 0.15) is 17.3 Å². The highest BCUT2D eigenvalue weighted by Gasteiger charge is 2.23. The van der Waals surface area contributed by atoms with Gasteiger partial charge in [-0.3, -0.25) is 4.79 Å². The van der Waals surface area contributed by atoms with Gasteiger partial charge in [-0.25, -0.2) is 0 Å². The van der Waals surface area contributed by atoms with Crippen molar-refractivity contribution in [3.05, 3.63) is 17.7 Å². The second-order valence-electron chi connectivity index (χ2n) is 4.06. The molecule has 0 aliphatic carbocycles. The van der Waals surface area contributed by atoms with Gasteiger partial charge in [0.2, 0.25) is 5.75 Å². The van der Waals surface area contributed by atoms with Crippen molar-refractivity contribution in [2.75, 3.05) is 41.0 Å². The normalized spacial score (nSPS) is 10.1. The molecule has 0 aliphatic rings. The fourth-order valence-corrected chi connectivity index (χ4v) is 2.00. The molecule has 0 aliphatic heterocycles. The number of methoxy groups -OCH3 is 3. The number of ether oxygens (including phenoxy) is 3. The summed E-state index contributed by atoms with van der Waals surface area (Å²) in [5, 5.41) is 0. The number of likely N-dealkylation sites (N-methyl/N-ethyl adjacent to an activating group) is 1. The number of benzene rings is 1. The Morgan fingerprint density at radius 2 is 1.80 bits per heavy atom. The van der Waals surface area contributed by atoms with Crippen LogP contribution in [-0.2, 0) is 0 Å². The lowest BCUT2D eigenvalue weighted by atomic mass is 10.1. The molecule has 0 fully saturated rings. The van der Waals surface area contributed by atoms with Gasteiger partial charge >= 0.3 is 0 Å². The highest BCUT2D eigenvalue weighted by atomic mass is 16.5. The Morgan fingerprint density at radius 1 is 1.15 bits per heavy atom. The highest BCUT2D eigenvalue weighted by Crippen LogP contribution is 2.40. The lowest BCUT2D eigenvalue weighted by molar-refractivity contribution is 0.0765. The third-order valence-electron chi connectivity index (χ3n) is 3.00. The van der Waals surface area contributed by atoms with Crippen LogP contribution in [0.3, 0.4) is 0 Å². The van der Waals surface area contributed by atoms with Crippen LogP contribution in [-0.4, -0.2) is 51.8 Å². The molecule has 6 nitrogen and oxygen atoms in total. The molecule has 112 valence electrons. The molecular weight excluding hydrogens is 260 g/mol. The van der Waals surface area contributed by atoms with Gasteiger partial charge in [0.15, 0.2) is 11.5 Å². The van der Waals surface area contributed by atoms with E-state index in [1.54, 1.807) is 17.0 Å². The molecule has 0 bridgehead atoms. The maximum Gasteiger partial charge on any atom is 0.257 e. The molecule has 0 saturated heterocycles. The Kier molecular flexibility index (Phi) is 6.11. The quantitative estimate of drug-likeness (QED) is 0.811. The van der Waals surface area contributed by atoms with Crippen molar-refractivity contribution in [2.24, 2.45) is 5.73 Å². The fraction of sp³-hybridized carbons (Fsp3) is 0.500. The minimum Gasteiger partial charge on any atom is -0.493 e. The molecule has 20 heavy (non-hydrogen) atoms. The van der Waals surface area contributed by atoms with Gasteiger partial charge in [0.25, 0.3) is 5.91 Å². The summed E-state index contributed by atoms with van der Waals surface area (Å²) in [6.45, 7) is 3.39. The van der Waals surface area contributed by atoms with Crippen LogP contribution in [0.4, 0.5) is 0 Å². The number of amides is 1. The Labute approximate surface area is 119 Å². The molecule has 0 spiro atoms. The van der Waals surface area contributed by atoms with Gasteiger partial charge in [0.05, 0.1) is 26.9 Å². The minimum absolute atomic E-state index is 0.143. The van der Waals surface area contributed by atoms with E-state index in [-0.39, 0.29) is 5.91 Å². The van der Waals surface area contributed by atoms with Crippen molar-refractivity contribution < 1.29 is 19.0 Å². The molecule has 1 rings (SSSR count). The first kappa shape index (κ1) is 16.1. The summed E-state index contributed by atoms with van der Waals surface area (Å²) in [6, 6.07) is 3.35. The SMILES string of the molecule is CCN(CCN)C(=O)c1ccc(OC)c(OC)c1OC. The summed E-state index contributed by atoms with van der Waals surface area (Å²) in [7, 11) is 4.53. The maximum absolute atomic E-state index is 12.5. The van der Waals surface area contributed by atoms with Gasteiger partial charge in [-0.15, -0.1) is 0 Å². The van der Waals surface area contributed by atoms with E-state index in [1.807, 2.05) is 6.92 Å². The first-order valence-electron chi connectivity index (χ1n) is 6.42. The van der Waals surface area contributed by atoms with Crippen molar-refractivity contribution in [3.63, 3.8) is 0 Å². The van der Waals surface area contributed by atoms with Crippen LogP contribution < -0.4 is 19.9 Å². The molecule has 0 unspecified atom stereocenters. The van der Waals surface area contributed by atoms with Gasteiger partial charge in [0, 0.05) is 19.6 Å². The second-order valence-corrected chi connectivity index (χ2v) is 4.06. The van der Waals surface area contributed by atoms with E-state index in [2.05, 4.69) is 0 Å². The molecular formula is C14H22N2O4. The standard InChI is InChI=1S/C14H22N2O4/c1-5-16(9-8-15)14(17)10-6-7-11(18-2)13(20-4)12(10)19-3/h6-7H,5,8-9,15H2,1-4H3. The van der Waals surface area contributed by atoms with Crippen LogP contribution in [0.5, 0.6) is 17.2 Å². The fourth-order valence-electron chi connectivity index (χ4n) is 2.00. The van der Waals surface area contributed by atoms with Crippen LogP contribution in [0.25, 0.3) is 0 Å². The van der Waals surface area contributed by atoms with Crippen molar-refractivity contribution in [1.29, 1.82) is 0 Å². The van der Waals surface area contributed by atoms with E-state index in [0.29, 0.717) is 42.4 Å². The van der Waals surface area contributed by atoms with E-state index in [1.165, 1.54) is 21.3 Å². The van der Waals surface area contributed by atoms with Crippen LogP contribution >= 0.6 is 0 Å². The highest BCUT2D eigenvalue weighted by molar-refractivity contribution is 5.98. The molecule has 1 aromatic rings. The van der Waals surface area contributed by atoms with Gasteiger partial charge in [0.1, 0.15) is 0 Å². The molecule has 0 saturated carbocycles. The molecule has 1 amide bonds. The number of nitrogens with two attached hydrogens (primary N) is 1. The molecule has 0 radical (unpaired) electrons. The summed E-state index contributed by atoms with van der Waals surface area (Å²) < 4.78 is 15.8. The molecule has 1 aromatic carbocycles. The van der Waals surface area contributed by atoms with E-state index in [0.717, 1.165) is 0 Å².